The molecule has 0 bridgehead atoms. The smallest absolute Gasteiger partial charge is 0.240 e. The lowest BCUT2D eigenvalue weighted by Gasteiger charge is -2.09. The van der Waals surface area contributed by atoms with Crippen LogP contribution in [0, 0.1) is 20.8 Å². The fourth-order valence-electron chi connectivity index (χ4n) is 3.14. The number of nitrogens with one attached hydrogen (secondary N) is 2. The van der Waals surface area contributed by atoms with Crippen molar-refractivity contribution >= 4 is 15.8 Å². The Kier molecular flexibility index (Phi) is 6.01. The van der Waals surface area contributed by atoms with Gasteiger partial charge in [0.05, 0.1) is 16.3 Å². The Labute approximate surface area is 186 Å². The SMILES string of the molecule is Cc1nn(-c2ccc(NCCNS(=O)(=O)c3ccc(-n4cccn4)cc3)nn2)c(C)c1C. The monoisotopic (exact) mass is 452 g/mol. The van der Waals surface area contributed by atoms with E-state index < -0.39 is 10.0 Å². The Hall–Kier alpha value is -3.57. The normalized spacial score (nSPS) is 11.6. The minimum absolute atomic E-state index is 0.192. The van der Waals surface area contributed by atoms with Crippen molar-refractivity contribution in [2.75, 3.05) is 18.4 Å². The molecule has 0 aliphatic rings. The van der Waals surface area contributed by atoms with Crippen LogP contribution in [0.3, 0.4) is 0 Å². The van der Waals surface area contributed by atoms with Gasteiger partial charge in [-0.25, -0.2) is 22.5 Å². The van der Waals surface area contributed by atoms with Crippen LogP contribution < -0.4 is 10.0 Å². The summed E-state index contributed by atoms with van der Waals surface area (Å²) < 4.78 is 31.0. The van der Waals surface area contributed by atoms with E-state index in [1.807, 2.05) is 26.8 Å². The van der Waals surface area contributed by atoms with Crippen LogP contribution in [0.2, 0.25) is 0 Å². The largest absolute Gasteiger partial charge is 0.367 e. The lowest BCUT2D eigenvalue weighted by molar-refractivity contribution is 0.583. The molecule has 11 heteroatoms. The van der Waals surface area contributed by atoms with Crippen molar-refractivity contribution in [1.29, 1.82) is 0 Å². The molecule has 10 nitrogen and oxygen atoms in total. The van der Waals surface area contributed by atoms with E-state index in [0.717, 1.165) is 22.6 Å². The molecule has 0 radical (unpaired) electrons. The summed E-state index contributed by atoms with van der Waals surface area (Å²) >= 11 is 0. The number of anilines is 1. The molecule has 0 aliphatic carbocycles. The average Bonchev–Trinajstić information content (AvgIpc) is 3.42. The third-order valence-electron chi connectivity index (χ3n) is 5.16. The van der Waals surface area contributed by atoms with Crippen molar-refractivity contribution in [3.8, 4) is 11.5 Å². The summed E-state index contributed by atoms with van der Waals surface area (Å²) in [6.07, 6.45) is 3.46. The molecule has 1 aromatic carbocycles. The maximum atomic E-state index is 12.5. The molecule has 0 saturated heterocycles. The summed E-state index contributed by atoms with van der Waals surface area (Å²) in [4.78, 5) is 0.192. The average molecular weight is 453 g/mol. The van der Waals surface area contributed by atoms with E-state index in [1.165, 1.54) is 0 Å². The van der Waals surface area contributed by atoms with Crippen LogP contribution in [0.15, 0.2) is 59.8 Å². The lowest BCUT2D eigenvalue weighted by atomic mass is 10.2. The van der Waals surface area contributed by atoms with Crippen molar-refractivity contribution in [3.05, 3.63) is 71.8 Å². The van der Waals surface area contributed by atoms with E-state index >= 15 is 0 Å². The Morgan fingerprint density at radius 1 is 0.969 bits per heavy atom. The Bertz CT molecular complexity index is 1300. The van der Waals surface area contributed by atoms with Gasteiger partial charge in [-0.05, 0) is 68.8 Å². The van der Waals surface area contributed by atoms with Gasteiger partial charge in [-0.3, -0.25) is 0 Å². The van der Waals surface area contributed by atoms with Gasteiger partial charge in [-0.15, -0.1) is 10.2 Å². The van der Waals surface area contributed by atoms with Crippen LogP contribution in [0.1, 0.15) is 17.0 Å². The van der Waals surface area contributed by atoms with Gasteiger partial charge in [-0.2, -0.15) is 10.2 Å². The first-order valence-corrected chi connectivity index (χ1v) is 11.5. The minimum Gasteiger partial charge on any atom is -0.367 e. The van der Waals surface area contributed by atoms with Crippen molar-refractivity contribution in [3.63, 3.8) is 0 Å². The van der Waals surface area contributed by atoms with Gasteiger partial charge < -0.3 is 5.32 Å². The van der Waals surface area contributed by atoms with Crippen molar-refractivity contribution in [2.45, 2.75) is 25.7 Å². The Balaban J connectivity index is 1.31. The predicted molar refractivity (Wildman–Crippen MR) is 121 cm³/mol. The van der Waals surface area contributed by atoms with E-state index in [1.54, 1.807) is 58.2 Å². The topological polar surface area (TPSA) is 120 Å². The van der Waals surface area contributed by atoms with Crippen molar-refractivity contribution in [1.82, 2.24) is 34.5 Å². The number of sulfonamides is 1. The van der Waals surface area contributed by atoms with Crippen LogP contribution in [0.5, 0.6) is 0 Å². The molecule has 0 spiro atoms. The summed E-state index contributed by atoms with van der Waals surface area (Å²) in [5, 5.41) is 20.0. The summed E-state index contributed by atoms with van der Waals surface area (Å²) in [5.41, 5.74) is 3.88. The maximum absolute atomic E-state index is 12.5. The van der Waals surface area contributed by atoms with E-state index in [2.05, 4.69) is 30.4 Å². The molecule has 0 aliphatic heterocycles. The second kappa shape index (κ2) is 8.89. The van der Waals surface area contributed by atoms with Gasteiger partial charge >= 0.3 is 0 Å². The molecular formula is C21H24N8O2S. The summed E-state index contributed by atoms with van der Waals surface area (Å²) in [5.74, 6) is 1.18. The van der Waals surface area contributed by atoms with Crippen LogP contribution in [-0.4, -0.2) is 51.3 Å². The molecule has 0 saturated carbocycles. The predicted octanol–water partition coefficient (Wildman–Crippen LogP) is 2.16. The molecule has 32 heavy (non-hydrogen) atoms. The first-order chi connectivity index (χ1) is 15.3. The number of benzene rings is 1. The second-order valence-electron chi connectivity index (χ2n) is 7.25. The van der Waals surface area contributed by atoms with E-state index in [9.17, 15) is 8.42 Å². The molecule has 4 aromatic rings. The van der Waals surface area contributed by atoms with Gasteiger partial charge in [0, 0.05) is 31.2 Å². The molecule has 0 fully saturated rings. The number of aromatic nitrogens is 6. The standard InChI is InChI=1S/C21H24N8O2S/c1-15-16(2)27-29(17(15)3)21-10-9-20(25-26-21)22-12-13-24-32(30,31)19-7-5-18(6-8-19)28-14-4-11-23-28/h4-11,14,24H,12-13H2,1-3H3,(H,22,25). The first kappa shape index (κ1) is 21.7. The number of hydrogen-bond acceptors (Lipinski definition) is 7. The molecule has 4 rings (SSSR count). The Morgan fingerprint density at radius 2 is 1.75 bits per heavy atom. The molecule has 3 aromatic heterocycles. The Morgan fingerprint density at radius 3 is 2.34 bits per heavy atom. The van der Waals surface area contributed by atoms with E-state index in [4.69, 9.17) is 0 Å². The molecular weight excluding hydrogens is 428 g/mol. The molecule has 0 atom stereocenters. The van der Waals surface area contributed by atoms with Crippen LogP contribution in [0.4, 0.5) is 5.82 Å². The van der Waals surface area contributed by atoms with Gasteiger partial charge in [-0.1, -0.05) is 0 Å². The third kappa shape index (κ3) is 4.53. The van der Waals surface area contributed by atoms with Crippen LogP contribution in [-0.2, 0) is 10.0 Å². The summed E-state index contributed by atoms with van der Waals surface area (Å²) in [7, 11) is -3.62. The quantitative estimate of drug-likeness (QED) is 0.393. The molecule has 0 amide bonds. The number of nitrogens with zero attached hydrogens (tertiary/aromatic N) is 6. The van der Waals surface area contributed by atoms with Crippen LogP contribution in [0.25, 0.3) is 11.5 Å². The highest BCUT2D eigenvalue weighted by Gasteiger charge is 2.14. The second-order valence-corrected chi connectivity index (χ2v) is 9.02. The zero-order valence-electron chi connectivity index (χ0n) is 18.0. The molecule has 166 valence electrons. The zero-order chi connectivity index (χ0) is 22.7. The molecule has 2 N–H and O–H groups in total. The highest BCUT2D eigenvalue weighted by atomic mass is 32.2. The van der Waals surface area contributed by atoms with Crippen molar-refractivity contribution in [2.24, 2.45) is 0 Å². The zero-order valence-corrected chi connectivity index (χ0v) is 18.8. The van der Waals surface area contributed by atoms with E-state index in [-0.39, 0.29) is 11.4 Å². The van der Waals surface area contributed by atoms with Gasteiger partial charge in [0.15, 0.2) is 5.82 Å². The molecule has 0 unspecified atom stereocenters. The fourth-order valence-corrected chi connectivity index (χ4v) is 4.17. The van der Waals surface area contributed by atoms with Crippen molar-refractivity contribution < 1.29 is 8.42 Å². The van der Waals surface area contributed by atoms with Gasteiger partial charge in [0.1, 0.15) is 5.82 Å². The van der Waals surface area contributed by atoms with Gasteiger partial charge in [0.25, 0.3) is 0 Å². The number of hydrogen-bond donors (Lipinski definition) is 2. The summed E-state index contributed by atoms with van der Waals surface area (Å²) in [6.45, 7) is 6.52. The van der Waals surface area contributed by atoms with E-state index in [0.29, 0.717) is 18.2 Å². The number of aryl methyl sites for hydroxylation is 1. The molecule has 3 heterocycles. The third-order valence-corrected chi connectivity index (χ3v) is 6.64. The number of rotatable bonds is 8. The minimum atomic E-state index is -3.62. The van der Waals surface area contributed by atoms with Crippen LogP contribution >= 0.6 is 0 Å². The summed E-state index contributed by atoms with van der Waals surface area (Å²) in [6, 6.07) is 11.9. The lowest BCUT2D eigenvalue weighted by Crippen LogP contribution is -2.29. The first-order valence-electron chi connectivity index (χ1n) is 10.1. The highest BCUT2D eigenvalue weighted by Crippen LogP contribution is 2.16. The van der Waals surface area contributed by atoms with Gasteiger partial charge in [0.2, 0.25) is 10.0 Å². The maximum Gasteiger partial charge on any atom is 0.240 e. The fraction of sp³-hybridized carbons (Fsp3) is 0.238. The highest BCUT2D eigenvalue weighted by molar-refractivity contribution is 7.89.